The molecule has 1 aromatic carbocycles. The SMILES string of the molecule is CC(C)c1ccncc1OCC1CC(c2cnc(Nc3ccc(SN)cc3)nc2)C1. The first-order valence-electron chi connectivity index (χ1n) is 10.2. The molecule has 0 amide bonds. The first kappa shape index (κ1) is 20.6. The normalized spacial score (nSPS) is 18.1. The van der Waals surface area contributed by atoms with Crippen LogP contribution in [0.3, 0.4) is 0 Å². The Labute approximate surface area is 181 Å². The second-order valence-electron chi connectivity index (χ2n) is 8.02. The molecule has 0 radical (unpaired) electrons. The zero-order valence-corrected chi connectivity index (χ0v) is 18.1. The highest BCUT2D eigenvalue weighted by Crippen LogP contribution is 2.41. The smallest absolute Gasteiger partial charge is 0.227 e. The van der Waals surface area contributed by atoms with Gasteiger partial charge in [-0.05, 0) is 84.0 Å². The molecular formula is C23H27N5OS. The van der Waals surface area contributed by atoms with Crippen molar-refractivity contribution in [2.24, 2.45) is 11.1 Å². The van der Waals surface area contributed by atoms with Crippen LogP contribution in [-0.2, 0) is 0 Å². The molecule has 0 bridgehead atoms. The van der Waals surface area contributed by atoms with Gasteiger partial charge in [0.25, 0.3) is 0 Å². The number of ether oxygens (including phenoxy) is 1. The molecule has 2 aromatic heterocycles. The first-order chi connectivity index (χ1) is 14.6. The molecule has 7 heteroatoms. The summed E-state index contributed by atoms with van der Waals surface area (Å²) in [7, 11) is 0. The summed E-state index contributed by atoms with van der Waals surface area (Å²) < 4.78 is 6.08. The van der Waals surface area contributed by atoms with Crippen LogP contribution >= 0.6 is 11.9 Å². The molecular weight excluding hydrogens is 394 g/mol. The lowest BCUT2D eigenvalue weighted by atomic mass is 9.72. The third kappa shape index (κ3) is 4.91. The van der Waals surface area contributed by atoms with Crippen LogP contribution in [0.15, 0.2) is 60.0 Å². The van der Waals surface area contributed by atoms with Gasteiger partial charge in [-0.3, -0.25) is 10.1 Å². The Bertz CT molecular complexity index is 956. The van der Waals surface area contributed by atoms with Crippen molar-refractivity contribution in [2.45, 2.75) is 43.4 Å². The van der Waals surface area contributed by atoms with Crippen molar-refractivity contribution in [2.75, 3.05) is 11.9 Å². The largest absolute Gasteiger partial charge is 0.491 e. The number of hydrogen-bond donors (Lipinski definition) is 2. The van der Waals surface area contributed by atoms with Crippen LogP contribution in [0.5, 0.6) is 5.75 Å². The van der Waals surface area contributed by atoms with Gasteiger partial charge in [0.05, 0.1) is 12.8 Å². The van der Waals surface area contributed by atoms with Crippen LogP contribution in [0.1, 0.15) is 49.7 Å². The molecule has 3 N–H and O–H groups in total. The molecule has 0 spiro atoms. The number of nitrogens with zero attached hydrogens (tertiary/aromatic N) is 3. The average molecular weight is 422 g/mol. The molecule has 0 saturated heterocycles. The number of hydrogen-bond acceptors (Lipinski definition) is 7. The Kier molecular flexibility index (Phi) is 6.50. The molecule has 6 nitrogen and oxygen atoms in total. The Balaban J connectivity index is 1.26. The lowest BCUT2D eigenvalue weighted by molar-refractivity contribution is 0.156. The summed E-state index contributed by atoms with van der Waals surface area (Å²) in [6.45, 7) is 5.09. The molecule has 156 valence electrons. The van der Waals surface area contributed by atoms with Gasteiger partial charge in [-0.2, -0.15) is 0 Å². The van der Waals surface area contributed by atoms with E-state index in [4.69, 9.17) is 9.88 Å². The summed E-state index contributed by atoms with van der Waals surface area (Å²) in [6, 6.07) is 9.91. The van der Waals surface area contributed by atoms with Gasteiger partial charge in [0.2, 0.25) is 5.95 Å². The number of anilines is 2. The van der Waals surface area contributed by atoms with Crippen LogP contribution in [0.4, 0.5) is 11.6 Å². The van der Waals surface area contributed by atoms with Crippen molar-refractivity contribution in [1.82, 2.24) is 15.0 Å². The Morgan fingerprint density at radius 2 is 1.83 bits per heavy atom. The summed E-state index contributed by atoms with van der Waals surface area (Å²) in [6.07, 6.45) is 9.72. The first-order valence-corrected chi connectivity index (χ1v) is 11.1. The monoisotopic (exact) mass is 421 g/mol. The van der Waals surface area contributed by atoms with Gasteiger partial charge in [-0.1, -0.05) is 13.8 Å². The summed E-state index contributed by atoms with van der Waals surface area (Å²) in [5, 5.41) is 8.77. The molecule has 1 aliphatic rings. The van der Waals surface area contributed by atoms with Crippen molar-refractivity contribution in [3.8, 4) is 5.75 Å². The maximum Gasteiger partial charge on any atom is 0.227 e. The number of pyridine rings is 1. The maximum atomic E-state index is 6.08. The van der Waals surface area contributed by atoms with Gasteiger partial charge in [0, 0.05) is 29.2 Å². The number of rotatable bonds is 8. The fourth-order valence-electron chi connectivity index (χ4n) is 3.70. The number of nitrogens with one attached hydrogen (secondary N) is 1. The van der Waals surface area contributed by atoms with E-state index < -0.39 is 0 Å². The van der Waals surface area contributed by atoms with Gasteiger partial charge in [0.1, 0.15) is 5.75 Å². The van der Waals surface area contributed by atoms with Gasteiger partial charge in [-0.25, -0.2) is 9.97 Å². The third-order valence-electron chi connectivity index (χ3n) is 5.54. The van der Waals surface area contributed by atoms with Crippen LogP contribution in [0.25, 0.3) is 0 Å². The maximum absolute atomic E-state index is 6.08. The van der Waals surface area contributed by atoms with E-state index in [1.165, 1.54) is 23.1 Å². The van der Waals surface area contributed by atoms with E-state index in [2.05, 4.69) is 34.1 Å². The lowest BCUT2D eigenvalue weighted by Gasteiger charge is -2.35. The Morgan fingerprint density at radius 3 is 2.50 bits per heavy atom. The molecule has 1 fully saturated rings. The van der Waals surface area contributed by atoms with E-state index in [1.54, 1.807) is 0 Å². The third-order valence-corrected chi connectivity index (χ3v) is 6.08. The molecule has 2 heterocycles. The predicted molar refractivity (Wildman–Crippen MR) is 121 cm³/mol. The Hall–Kier alpha value is -2.64. The van der Waals surface area contributed by atoms with Crippen LogP contribution in [-0.4, -0.2) is 21.6 Å². The van der Waals surface area contributed by atoms with Crippen LogP contribution in [0, 0.1) is 5.92 Å². The highest BCUT2D eigenvalue weighted by Gasteiger charge is 2.31. The molecule has 30 heavy (non-hydrogen) atoms. The number of benzene rings is 1. The van der Waals surface area contributed by atoms with Gasteiger partial charge >= 0.3 is 0 Å². The number of nitrogens with two attached hydrogens (primary N) is 1. The second kappa shape index (κ2) is 9.45. The minimum Gasteiger partial charge on any atom is -0.491 e. The van der Waals surface area contributed by atoms with E-state index in [9.17, 15) is 0 Å². The Morgan fingerprint density at radius 1 is 1.10 bits per heavy atom. The van der Waals surface area contributed by atoms with E-state index in [0.29, 0.717) is 23.7 Å². The average Bonchev–Trinajstić information content (AvgIpc) is 2.74. The lowest BCUT2D eigenvalue weighted by Crippen LogP contribution is -2.27. The molecule has 1 aliphatic carbocycles. The fourth-order valence-corrected chi connectivity index (χ4v) is 3.99. The van der Waals surface area contributed by atoms with Crippen LogP contribution in [0.2, 0.25) is 0 Å². The molecule has 0 atom stereocenters. The van der Waals surface area contributed by atoms with Gasteiger partial charge < -0.3 is 10.1 Å². The van der Waals surface area contributed by atoms with Crippen molar-refractivity contribution < 1.29 is 4.74 Å². The van der Waals surface area contributed by atoms with Gasteiger partial charge in [-0.15, -0.1) is 0 Å². The molecule has 4 rings (SSSR count). The summed E-state index contributed by atoms with van der Waals surface area (Å²) >= 11 is 1.23. The highest BCUT2D eigenvalue weighted by atomic mass is 32.2. The van der Waals surface area contributed by atoms with Crippen molar-refractivity contribution in [3.63, 3.8) is 0 Å². The minimum absolute atomic E-state index is 0.430. The van der Waals surface area contributed by atoms with E-state index in [-0.39, 0.29) is 0 Å². The van der Waals surface area contributed by atoms with Crippen molar-refractivity contribution in [1.29, 1.82) is 0 Å². The van der Waals surface area contributed by atoms with Crippen molar-refractivity contribution in [3.05, 3.63) is 66.2 Å². The highest BCUT2D eigenvalue weighted by molar-refractivity contribution is 7.97. The standard InChI is InChI=1S/C23H27N5OS/c1-15(2)21-7-8-25-13-22(21)29-14-16-9-17(10-16)18-11-26-23(27-12-18)28-19-3-5-20(30-24)6-4-19/h3-8,11-13,15-17H,9-10,14,24H2,1-2H3,(H,26,27,28). The number of aromatic nitrogens is 3. The zero-order valence-electron chi connectivity index (χ0n) is 17.3. The second-order valence-corrected chi connectivity index (χ2v) is 8.73. The summed E-state index contributed by atoms with van der Waals surface area (Å²) in [4.78, 5) is 14.2. The van der Waals surface area contributed by atoms with Gasteiger partial charge in [0.15, 0.2) is 0 Å². The molecule has 3 aromatic rings. The predicted octanol–water partition coefficient (Wildman–Crippen LogP) is 5.28. The topological polar surface area (TPSA) is 86.0 Å². The van der Waals surface area contributed by atoms with E-state index in [0.717, 1.165) is 35.8 Å². The van der Waals surface area contributed by atoms with E-state index >= 15 is 0 Å². The molecule has 0 unspecified atom stereocenters. The van der Waals surface area contributed by atoms with Crippen molar-refractivity contribution >= 4 is 23.6 Å². The summed E-state index contributed by atoms with van der Waals surface area (Å²) in [5.74, 6) is 3.01. The quantitative estimate of drug-likeness (QED) is 0.479. The summed E-state index contributed by atoms with van der Waals surface area (Å²) in [5.41, 5.74) is 3.35. The fraction of sp³-hybridized carbons (Fsp3) is 0.348. The molecule has 0 aliphatic heterocycles. The minimum atomic E-state index is 0.430. The van der Waals surface area contributed by atoms with Crippen LogP contribution < -0.4 is 15.2 Å². The van der Waals surface area contributed by atoms with E-state index in [1.807, 2.05) is 55.1 Å². The zero-order chi connectivity index (χ0) is 20.9. The molecule has 1 saturated carbocycles.